The van der Waals surface area contributed by atoms with Gasteiger partial charge in [0.15, 0.2) is 5.82 Å². The first-order chi connectivity index (χ1) is 7.22. The Balaban J connectivity index is 2.65. The Bertz CT molecular complexity index is 538. The molecule has 4 heteroatoms. The highest BCUT2D eigenvalue weighted by Crippen LogP contribution is 2.17. The molecule has 1 aromatic heterocycles. The van der Waals surface area contributed by atoms with Crippen LogP contribution in [-0.4, -0.2) is 15.1 Å². The van der Waals surface area contributed by atoms with E-state index in [1.807, 2.05) is 30.3 Å². The molecule has 0 aliphatic heterocycles. The molecule has 0 radical (unpaired) electrons. The third kappa shape index (κ3) is 1.55. The number of nitriles is 1. The van der Waals surface area contributed by atoms with Gasteiger partial charge in [-0.25, -0.2) is 4.98 Å². The summed E-state index contributed by atoms with van der Waals surface area (Å²) in [5.41, 5.74) is 1.80. The van der Waals surface area contributed by atoms with Crippen molar-refractivity contribution in [1.29, 1.82) is 5.26 Å². The van der Waals surface area contributed by atoms with Crippen molar-refractivity contribution in [3.63, 3.8) is 0 Å². The summed E-state index contributed by atoms with van der Waals surface area (Å²) in [5.74, 6) is 0.371. The Morgan fingerprint density at radius 1 is 1.47 bits per heavy atom. The molecule has 0 aliphatic carbocycles. The van der Waals surface area contributed by atoms with Gasteiger partial charge in [0.2, 0.25) is 0 Å². The van der Waals surface area contributed by atoms with Gasteiger partial charge in [-0.2, -0.15) is 5.26 Å². The normalized spacial score (nSPS) is 12.3. The minimum Gasteiger partial charge on any atom is -0.511 e. The molecule has 1 aromatic carbocycles. The van der Waals surface area contributed by atoms with Gasteiger partial charge in [0.25, 0.3) is 0 Å². The number of hydrogen-bond acceptors (Lipinski definition) is 3. The fourth-order valence-corrected chi connectivity index (χ4v) is 1.38. The first-order valence-electron chi connectivity index (χ1n) is 4.47. The predicted octanol–water partition coefficient (Wildman–Crippen LogP) is 2.38. The second kappa shape index (κ2) is 3.46. The Hall–Kier alpha value is -2.28. The van der Waals surface area contributed by atoms with Gasteiger partial charge in [-0.05, 0) is 19.1 Å². The van der Waals surface area contributed by atoms with Crippen LogP contribution < -0.4 is 0 Å². The average Bonchev–Trinajstić information content (AvgIpc) is 2.61. The second-order valence-corrected chi connectivity index (χ2v) is 3.17. The summed E-state index contributed by atoms with van der Waals surface area (Å²) in [6.45, 7) is 1.46. The van der Waals surface area contributed by atoms with Crippen LogP contribution in [-0.2, 0) is 0 Å². The molecule has 2 aromatic rings. The van der Waals surface area contributed by atoms with E-state index in [0.29, 0.717) is 5.82 Å². The lowest BCUT2D eigenvalue weighted by atomic mass is 10.2. The summed E-state index contributed by atoms with van der Waals surface area (Å²) >= 11 is 0. The zero-order valence-electron chi connectivity index (χ0n) is 8.15. The van der Waals surface area contributed by atoms with Gasteiger partial charge in [-0.15, -0.1) is 0 Å². The van der Waals surface area contributed by atoms with Crippen molar-refractivity contribution in [2.45, 2.75) is 6.92 Å². The van der Waals surface area contributed by atoms with Crippen molar-refractivity contribution in [2.75, 3.05) is 0 Å². The van der Waals surface area contributed by atoms with Crippen LogP contribution in [0.2, 0.25) is 0 Å². The van der Waals surface area contributed by atoms with Crippen LogP contribution in [0.3, 0.4) is 0 Å². The van der Waals surface area contributed by atoms with Crippen molar-refractivity contribution < 1.29 is 5.11 Å². The number of nitrogens with zero attached hydrogens (tertiary/aromatic N) is 2. The van der Waals surface area contributed by atoms with E-state index >= 15 is 0 Å². The van der Waals surface area contributed by atoms with Crippen molar-refractivity contribution in [2.24, 2.45) is 0 Å². The molecule has 0 fully saturated rings. The molecular formula is C11H9N3O. The molecule has 2 N–H and O–H groups in total. The molecular weight excluding hydrogens is 190 g/mol. The van der Waals surface area contributed by atoms with Crippen LogP contribution in [0, 0.1) is 11.3 Å². The van der Waals surface area contributed by atoms with Crippen LogP contribution in [0.15, 0.2) is 30.0 Å². The number of aliphatic hydroxyl groups excluding tert-OH is 1. The number of aliphatic hydroxyl groups is 1. The number of aromatic amines is 1. The maximum Gasteiger partial charge on any atom is 0.152 e. The minimum atomic E-state index is -0.0310. The van der Waals surface area contributed by atoms with Gasteiger partial charge in [0, 0.05) is 0 Å². The number of allylic oxidation sites excluding steroid dienone is 2. The number of rotatable bonds is 1. The van der Waals surface area contributed by atoms with E-state index in [-0.39, 0.29) is 11.3 Å². The predicted molar refractivity (Wildman–Crippen MR) is 56.9 cm³/mol. The number of H-pyrrole nitrogens is 1. The Labute approximate surface area is 86.5 Å². The maximum absolute atomic E-state index is 9.29. The lowest BCUT2D eigenvalue weighted by molar-refractivity contribution is 0.417. The molecule has 4 nitrogen and oxygen atoms in total. The van der Waals surface area contributed by atoms with Gasteiger partial charge in [0.1, 0.15) is 17.4 Å². The van der Waals surface area contributed by atoms with Crippen LogP contribution in [0.4, 0.5) is 0 Å². The Morgan fingerprint density at radius 2 is 2.20 bits per heavy atom. The number of aromatic nitrogens is 2. The standard InChI is InChI=1S/C11H9N3O/c1-7(15)8(6-12)11-13-9-4-2-3-5-10(9)14-11/h2-5,15H,1H3,(H,13,14). The Kier molecular flexibility index (Phi) is 2.14. The lowest BCUT2D eigenvalue weighted by Crippen LogP contribution is -1.88. The minimum absolute atomic E-state index is 0.0310. The molecule has 2 rings (SSSR count). The van der Waals surface area contributed by atoms with Crippen molar-refractivity contribution in [1.82, 2.24) is 9.97 Å². The molecule has 0 saturated heterocycles. The van der Waals surface area contributed by atoms with E-state index in [0.717, 1.165) is 11.0 Å². The monoisotopic (exact) mass is 199 g/mol. The van der Waals surface area contributed by atoms with E-state index in [1.54, 1.807) is 0 Å². The molecule has 74 valence electrons. The largest absolute Gasteiger partial charge is 0.511 e. The topological polar surface area (TPSA) is 72.7 Å². The first kappa shape index (κ1) is 9.28. The summed E-state index contributed by atoms with van der Waals surface area (Å²) in [6, 6.07) is 9.38. The van der Waals surface area contributed by atoms with Gasteiger partial charge in [-0.3, -0.25) is 0 Å². The van der Waals surface area contributed by atoms with Gasteiger partial charge in [-0.1, -0.05) is 12.1 Å². The van der Waals surface area contributed by atoms with Crippen LogP contribution in [0.5, 0.6) is 0 Å². The van der Waals surface area contributed by atoms with E-state index in [4.69, 9.17) is 5.26 Å². The summed E-state index contributed by atoms with van der Waals surface area (Å²) in [5, 5.41) is 18.1. The quantitative estimate of drug-likeness (QED) is 0.547. The SMILES string of the molecule is CC(O)=C(C#N)c1nc2ccccc2[nH]1. The third-order valence-electron chi connectivity index (χ3n) is 2.10. The number of benzene rings is 1. The summed E-state index contributed by atoms with van der Waals surface area (Å²) < 4.78 is 0. The first-order valence-corrected chi connectivity index (χ1v) is 4.47. The van der Waals surface area contributed by atoms with Crippen molar-refractivity contribution in [3.05, 3.63) is 35.8 Å². The van der Waals surface area contributed by atoms with Gasteiger partial charge >= 0.3 is 0 Å². The highest BCUT2D eigenvalue weighted by molar-refractivity contribution is 5.82. The van der Waals surface area contributed by atoms with E-state index in [9.17, 15) is 5.11 Å². The molecule has 0 unspecified atom stereocenters. The fourth-order valence-electron chi connectivity index (χ4n) is 1.38. The molecule has 0 bridgehead atoms. The van der Waals surface area contributed by atoms with Gasteiger partial charge < -0.3 is 10.1 Å². The van der Waals surface area contributed by atoms with Crippen molar-refractivity contribution >= 4 is 16.6 Å². The number of fused-ring (bicyclic) bond motifs is 1. The van der Waals surface area contributed by atoms with Crippen molar-refractivity contribution in [3.8, 4) is 6.07 Å². The molecule has 15 heavy (non-hydrogen) atoms. The number of para-hydroxylation sites is 2. The molecule has 0 amide bonds. The number of imidazole rings is 1. The van der Waals surface area contributed by atoms with Crippen LogP contribution >= 0.6 is 0 Å². The summed E-state index contributed by atoms with van der Waals surface area (Å²) in [4.78, 5) is 7.19. The highest BCUT2D eigenvalue weighted by atomic mass is 16.3. The summed E-state index contributed by atoms with van der Waals surface area (Å²) in [7, 11) is 0. The second-order valence-electron chi connectivity index (χ2n) is 3.17. The summed E-state index contributed by atoms with van der Waals surface area (Å²) in [6.07, 6.45) is 0. The van der Waals surface area contributed by atoms with E-state index < -0.39 is 0 Å². The van der Waals surface area contributed by atoms with Crippen LogP contribution in [0.25, 0.3) is 16.6 Å². The zero-order valence-corrected chi connectivity index (χ0v) is 8.15. The third-order valence-corrected chi connectivity index (χ3v) is 2.10. The Morgan fingerprint density at radius 3 is 2.80 bits per heavy atom. The molecule has 0 atom stereocenters. The fraction of sp³-hybridized carbons (Fsp3) is 0.0909. The van der Waals surface area contributed by atoms with Crippen LogP contribution in [0.1, 0.15) is 12.7 Å². The molecule has 0 spiro atoms. The molecule has 0 saturated carbocycles. The number of hydrogen-bond donors (Lipinski definition) is 2. The highest BCUT2D eigenvalue weighted by Gasteiger charge is 2.09. The lowest BCUT2D eigenvalue weighted by Gasteiger charge is -1.93. The molecule has 0 aliphatic rings. The van der Waals surface area contributed by atoms with E-state index in [2.05, 4.69) is 9.97 Å². The van der Waals surface area contributed by atoms with Gasteiger partial charge in [0.05, 0.1) is 11.0 Å². The average molecular weight is 199 g/mol. The molecule has 1 heterocycles. The van der Waals surface area contributed by atoms with E-state index in [1.165, 1.54) is 6.92 Å². The smallest absolute Gasteiger partial charge is 0.152 e. The maximum atomic E-state index is 9.29. The zero-order chi connectivity index (χ0) is 10.8. The number of nitrogens with one attached hydrogen (secondary N) is 1.